The fraction of sp³-hybridized carbons (Fsp3) is 0.136. The Morgan fingerprint density at radius 1 is 1.07 bits per heavy atom. The van der Waals surface area contributed by atoms with E-state index in [2.05, 4.69) is 26.3 Å². The van der Waals surface area contributed by atoms with Gasteiger partial charge in [0.25, 0.3) is 5.91 Å². The molecular formula is C22H20N4O2S2. The summed E-state index contributed by atoms with van der Waals surface area (Å²) in [5.74, 6) is 0.139. The number of benzene rings is 2. The third-order valence-electron chi connectivity index (χ3n) is 4.46. The molecule has 4 rings (SSSR count). The highest BCUT2D eigenvalue weighted by Gasteiger charge is 2.12. The van der Waals surface area contributed by atoms with Gasteiger partial charge in [0, 0.05) is 52.2 Å². The van der Waals surface area contributed by atoms with E-state index in [-0.39, 0.29) is 11.8 Å². The highest BCUT2D eigenvalue weighted by molar-refractivity contribution is 8.00. The number of carbonyl (C=O) groups excluding carboxylic acids is 2. The Hall–Kier alpha value is -3.10. The molecular weight excluding hydrogens is 416 g/mol. The van der Waals surface area contributed by atoms with E-state index in [0.717, 1.165) is 15.8 Å². The second-order valence-corrected chi connectivity index (χ2v) is 8.41. The first-order valence-corrected chi connectivity index (χ1v) is 11.3. The molecule has 0 fully saturated rings. The van der Waals surface area contributed by atoms with Gasteiger partial charge in [0.15, 0.2) is 5.13 Å². The number of thioether (sulfide) groups is 1. The van der Waals surface area contributed by atoms with Crippen LogP contribution in [-0.4, -0.2) is 33.7 Å². The Morgan fingerprint density at radius 3 is 2.67 bits per heavy atom. The summed E-state index contributed by atoms with van der Waals surface area (Å²) >= 11 is 2.89. The summed E-state index contributed by atoms with van der Waals surface area (Å²) in [5.41, 5.74) is 1.73. The lowest BCUT2D eigenvalue weighted by Gasteiger charge is -2.07. The van der Waals surface area contributed by atoms with E-state index in [1.165, 1.54) is 23.1 Å². The average Bonchev–Trinajstić information content (AvgIpc) is 3.41. The van der Waals surface area contributed by atoms with Crippen molar-refractivity contribution in [3.05, 3.63) is 77.9 Å². The number of anilines is 1. The van der Waals surface area contributed by atoms with E-state index >= 15 is 0 Å². The number of rotatable bonds is 8. The number of aromatic nitrogens is 2. The summed E-state index contributed by atoms with van der Waals surface area (Å²) in [5, 5.41) is 9.29. The van der Waals surface area contributed by atoms with Crippen molar-refractivity contribution in [1.29, 1.82) is 0 Å². The van der Waals surface area contributed by atoms with Gasteiger partial charge in [0.1, 0.15) is 0 Å². The molecule has 0 saturated carbocycles. The minimum atomic E-state index is -0.0829. The summed E-state index contributed by atoms with van der Waals surface area (Å²) < 4.78 is 2.11. The van der Waals surface area contributed by atoms with Gasteiger partial charge in [-0.15, -0.1) is 23.1 Å². The maximum Gasteiger partial charge on any atom is 0.251 e. The summed E-state index contributed by atoms with van der Waals surface area (Å²) in [6.45, 7) is 1.16. The fourth-order valence-electron chi connectivity index (χ4n) is 3.08. The zero-order valence-corrected chi connectivity index (χ0v) is 17.7. The molecule has 30 heavy (non-hydrogen) atoms. The lowest BCUT2D eigenvalue weighted by Crippen LogP contribution is -2.26. The van der Waals surface area contributed by atoms with Crippen molar-refractivity contribution in [2.75, 3.05) is 17.6 Å². The lowest BCUT2D eigenvalue weighted by molar-refractivity contribution is -0.113. The largest absolute Gasteiger partial charge is 0.350 e. The molecule has 2 heterocycles. The van der Waals surface area contributed by atoms with Crippen LogP contribution in [-0.2, 0) is 11.3 Å². The molecule has 4 aromatic rings. The molecule has 0 unspecified atom stereocenters. The van der Waals surface area contributed by atoms with Gasteiger partial charge in [0.05, 0.1) is 5.75 Å². The Kier molecular flexibility index (Phi) is 6.46. The van der Waals surface area contributed by atoms with E-state index in [4.69, 9.17) is 0 Å². The number of para-hydroxylation sites is 1. The molecule has 0 saturated heterocycles. The number of amides is 2. The summed E-state index contributed by atoms with van der Waals surface area (Å²) in [6, 6.07) is 17.3. The molecule has 0 radical (unpaired) electrons. The number of carbonyl (C=O) groups is 2. The van der Waals surface area contributed by atoms with Crippen LogP contribution < -0.4 is 10.6 Å². The molecule has 0 aliphatic rings. The molecule has 152 valence electrons. The second kappa shape index (κ2) is 9.60. The first-order chi connectivity index (χ1) is 14.7. The van der Waals surface area contributed by atoms with Crippen LogP contribution in [0.5, 0.6) is 0 Å². The van der Waals surface area contributed by atoms with Gasteiger partial charge in [-0.25, -0.2) is 4.98 Å². The van der Waals surface area contributed by atoms with E-state index in [1.54, 1.807) is 18.3 Å². The molecule has 0 atom stereocenters. The van der Waals surface area contributed by atoms with Crippen LogP contribution >= 0.6 is 23.1 Å². The quantitative estimate of drug-likeness (QED) is 0.405. The third-order valence-corrected chi connectivity index (χ3v) is 6.20. The molecule has 0 aliphatic carbocycles. The third kappa shape index (κ3) is 4.90. The highest BCUT2D eigenvalue weighted by Crippen LogP contribution is 2.30. The van der Waals surface area contributed by atoms with Crippen LogP contribution in [0.3, 0.4) is 0 Å². The number of hydrogen-bond acceptors (Lipinski definition) is 5. The van der Waals surface area contributed by atoms with E-state index in [9.17, 15) is 9.59 Å². The van der Waals surface area contributed by atoms with Gasteiger partial charge in [-0.1, -0.05) is 36.4 Å². The van der Waals surface area contributed by atoms with Crippen molar-refractivity contribution in [3.63, 3.8) is 0 Å². The summed E-state index contributed by atoms with van der Waals surface area (Å²) in [4.78, 5) is 29.5. The van der Waals surface area contributed by atoms with Crippen LogP contribution in [0, 0.1) is 0 Å². The first-order valence-electron chi connectivity index (χ1n) is 9.44. The first kappa shape index (κ1) is 20.2. The topological polar surface area (TPSA) is 76.0 Å². The predicted octanol–water partition coefficient (Wildman–Crippen LogP) is 4.26. The Labute approximate surface area is 182 Å². The van der Waals surface area contributed by atoms with E-state index < -0.39 is 0 Å². The van der Waals surface area contributed by atoms with Crippen LogP contribution in [0.1, 0.15) is 10.4 Å². The van der Waals surface area contributed by atoms with Crippen molar-refractivity contribution in [1.82, 2.24) is 14.9 Å². The van der Waals surface area contributed by atoms with Gasteiger partial charge >= 0.3 is 0 Å². The smallest absolute Gasteiger partial charge is 0.251 e. The SMILES string of the molecule is O=C(CSc1cn(CCNC(=O)c2ccccc2)c2ccccc12)Nc1nccs1. The number of nitrogens with zero attached hydrogens (tertiary/aromatic N) is 2. The van der Waals surface area contributed by atoms with Crippen LogP contribution in [0.25, 0.3) is 10.9 Å². The molecule has 0 bridgehead atoms. The molecule has 2 amide bonds. The number of thiazole rings is 1. The maximum atomic E-state index is 12.2. The van der Waals surface area contributed by atoms with Crippen molar-refractivity contribution in [2.45, 2.75) is 11.4 Å². The minimum Gasteiger partial charge on any atom is -0.350 e. The Morgan fingerprint density at radius 2 is 1.87 bits per heavy atom. The summed E-state index contributed by atoms with van der Waals surface area (Å²) in [6.07, 6.45) is 3.71. The molecule has 0 aliphatic heterocycles. The predicted molar refractivity (Wildman–Crippen MR) is 122 cm³/mol. The van der Waals surface area contributed by atoms with Gasteiger partial charge in [-0.3, -0.25) is 9.59 Å². The summed E-state index contributed by atoms with van der Waals surface area (Å²) in [7, 11) is 0. The average molecular weight is 437 g/mol. The number of nitrogens with one attached hydrogen (secondary N) is 2. The molecule has 6 nitrogen and oxygen atoms in total. The van der Waals surface area contributed by atoms with Crippen molar-refractivity contribution >= 4 is 50.9 Å². The molecule has 2 aromatic carbocycles. The van der Waals surface area contributed by atoms with Gasteiger partial charge in [-0.2, -0.15) is 0 Å². The van der Waals surface area contributed by atoms with Crippen molar-refractivity contribution in [3.8, 4) is 0 Å². The lowest BCUT2D eigenvalue weighted by atomic mass is 10.2. The van der Waals surface area contributed by atoms with Crippen LogP contribution in [0.2, 0.25) is 0 Å². The normalized spacial score (nSPS) is 10.8. The van der Waals surface area contributed by atoms with Crippen LogP contribution in [0.15, 0.2) is 77.3 Å². The van der Waals surface area contributed by atoms with Gasteiger partial charge in [0.2, 0.25) is 5.91 Å². The molecule has 0 spiro atoms. The fourth-order valence-corrected chi connectivity index (χ4v) is 4.51. The van der Waals surface area contributed by atoms with Crippen molar-refractivity contribution in [2.24, 2.45) is 0 Å². The monoisotopic (exact) mass is 436 g/mol. The minimum absolute atomic E-state index is 0.0816. The molecule has 2 aromatic heterocycles. The second-order valence-electron chi connectivity index (χ2n) is 6.50. The van der Waals surface area contributed by atoms with Crippen LogP contribution in [0.4, 0.5) is 5.13 Å². The Bertz CT molecular complexity index is 1140. The zero-order valence-electron chi connectivity index (χ0n) is 16.1. The zero-order chi connectivity index (χ0) is 20.8. The number of hydrogen-bond donors (Lipinski definition) is 2. The van der Waals surface area contributed by atoms with Gasteiger partial charge in [-0.05, 0) is 18.2 Å². The highest BCUT2D eigenvalue weighted by atomic mass is 32.2. The standard InChI is InChI=1S/C22H20N4O2S2/c27-20(25-22-24-11-13-29-22)15-30-19-14-26(18-9-5-4-8-17(18)19)12-10-23-21(28)16-6-2-1-3-7-16/h1-9,11,13-14H,10,12,15H2,(H,23,28)(H,24,25,27). The van der Waals surface area contributed by atoms with E-state index in [0.29, 0.717) is 29.5 Å². The number of fused-ring (bicyclic) bond motifs is 1. The maximum absolute atomic E-state index is 12.2. The van der Waals surface area contributed by atoms with Gasteiger partial charge < -0.3 is 15.2 Å². The molecule has 2 N–H and O–H groups in total. The van der Waals surface area contributed by atoms with Crippen molar-refractivity contribution < 1.29 is 9.59 Å². The molecule has 8 heteroatoms. The Balaban J connectivity index is 1.39. The van der Waals surface area contributed by atoms with E-state index in [1.807, 2.05) is 48.0 Å².